The summed E-state index contributed by atoms with van der Waals surface area (Å²) in [7, 11) is 0. The first-order chi connectivity index (χ1) is 7.25. The number of fused-ring (bicyclic) bond motifs is 1. The molecule has 2 rings (SSSR count). The molecule has 0 spiro atoms. The highest BCUT2D eigenvalue weighted by molar-refractivity contribution is 7.78. The molecule has 1 N–H and O–H groups in total. The normalized spacial score (nSPS) is 30.9. The van der Waals surface area contributed by atoms with Gasteiger partial charge in [-0.1, -0.05) is 25.7 Å². The molecule has 4 nitrogen and oxygen atoms in total. The zero-order chi connectivity index (χ0) is 10.8. The van der Waals surface area contributed by atoms with Crippen LogP contribution < -0.4 is 4.72 Å². The molecule has 2 atom stereocenters. The molecule has 0 aromatic heterocycles. The molecule has 15 heavy (non-hydrogen) atoms. The van der Waals surface area contributed by atoms with E-state index in [0.717, 1.165) is 25.7 Å². The van der Waals surface area contributed by atoms with Gasteiger partial charge in [-0.3, -0.25) is 19.2 Å². The van der Waals surface area contributed by atoms with Crippen LogP contribution in [0.1, 0.15) is 25.7 Å². The molecule has 84 valence electrons. The quantitative estimate of drug-likeness (QED) is 0.549. The van der Waals surface area contributed by atoms with Crippen molar-refractivity contribution in [2.75, 3.05) is 13.1 Å². The van der Waals surface area contributed by atoms with Crippen LogP contribution in [0.5, 0.6) is 0 Å². The molecule has 1 saturated carbocycles. The van der Waals surface area contributed by atoms with Gasteiger partial charge in [0, 0.05) is 13.1 Å². The summed E-state index contributed by atoms with van der Waals surface area (Å²) < 4.78 is 2.67. The Morgan fingerprint density at radius 3 is 2.20 bits per heavy atom. The predicted molar refractivity (Wildman–Crippen MR) is 59.2 cm³/mol. The van der Waals surface area contributed by atoms with Crippen LogP contribution in [-0.4, -0.2) is 29.8 Å². The van der Waals surface area contributed by atoms with Crippen molar-refractivity contribution >= 4 is 24.6 Å². The number of hydrogen-bond acceptors (Lipinski definition) is 4. The zero-order valence-electron chi connectivity index (χ0n) is 8.61. The molecule has 2 fully saturated rings. The van der Waals surface area contributed by atoms with Crippen molar-refractivity contribution in [2.24, 2.45) is 11.8 Å². The molecule has 0 radical (unpaired) electrons. The van der Waals surface area contributed by atoms with E-state index in [1.807, 2.05) is 0 Å². The van der Waals surface area contributed by atoms with Gasteiger partial charge in [0.2, 0.25) is 11.8 Å². The highest BCUT2D eigenvalue weighted by Crippen LogP contribution is 2.37. The lowest BCUT2D eigenvalue weighted by atomic mass is 9.81. The Labute approximate surface area is 94.9 Å². The molecule has 0 aromatic rings. The average molecular weight is 228 g/mol. The monoisotopic (exact) mass is 228 g/mol. The Morgan fingerprint density at radius 2 is 1.73 bits per heavy atom. The topological polar surface area (TPSA) is 49.4 Å². The minimum absolute atomic E-state index is 0.0221. The Bertz CT molecular complexity index is 259. The number of nitrogens with zero attached hydrogens (tertiary/aromatic N) is 1. The molecule has 1 saturated heterocycles. The lowest BCUT2D eigenvalue weighted by molar-refractivity contribution is -0.139. The third-order valence-electron chi connectivity index (χ3n) is 3.38. The van der Waals surface area contributed by atoms with Gasteiger partial charge >= 0.3 is 0 Å². The molecule has 1 aliphatic carbocycles. The van der Waals surface area contributed by atoms with E-state index in [2.05, 4.69) is 17.5 Å². The number of carbonyl (C=O) groups is 2. The predicted octanol–water partition coefficient (Wildman–Crippen LogP) is 0.596. The second-order valence-electron chi connectivity index (χ2n) is 4.23. The number of imide groups is 1. The smallest absolute Gasteiger partial charge is 0.233 e. The number of amides is 2. The molecular formula is C10H16N2O2S. The number of nitrogens with one attached hydrogen (secondary N) is 1. The summed E-state index contributed by atoms with van der Waals surface area (Å²) in [5.74, 6) is 0.0268. The minimum atomic E-state index is -0.0221. The molecule has 5 heteroatoms. The van der Waals surface area contributed by atoms with Crippen LogP contribution in [0.25, 0.3) is 0 Å². The van der Waals surface area contributed by atoms with Crippen molar-refractivity contribution in [3.63, 3.8) is 0 Å². The van der Waals surface area contributed by atoms with Gasteiger partial charge in [0.25, 0.3) is 0 Å². The Hall–Kier alpha value is -0.550. The SMILES string of the molecule is O=C1C2CCCCC2C(=O)N1CCNS. The Morgan fingerprint density at radius 1 is 1.20 bits per heavy atom. The van der Waals surface area contributed by atoms with E-state index in [1.165, 1.54) is 4.90 Å². The number of rotatable bonds is 3. The summed E-state index contributed by atoms with van der Waals surface area (Å²) in [6.07, 6.45) is 3.94. The van der Waals surface area contributed by atoms with Crippen LogP contribution in [0, 0.1) is 11.8 Å². The van der Waals surface area contributed by atoms with E-state index in [0.29, 0.717) is 13.1 Å². The lowest BCUT2D eigenvalue weighted by Gasteiger charge is -2.19. The van der Waals surface area contributed by atoms with Gasteiger partial charge in [-0.2, -0.15) is 0 Å². The van der Waals surface area contributed by atoms with Crippen molar-refractivity contribution < 1.29 is 9.59 Å². The van der Waals surface area contributed by atoms with Crippen LogP contribution in [0.3, 0.4) is 0 Å². The summed E-state index contributed by atoms with van der Waals surface area (Å²) in [6.45, 7) is 1.01. The van der Waals surface area contributed by atoms with E-state index in [1.54, 1.807) is 0 Å². The largest absolute Gasteiger partial charge is 0.281 e. The maximum absolute atomic E-state index is 11.9. The van der Waals surface area contributed by atoms with Gasteiger partial charge in [0.05, 0.1) is 11.8 Å². The van der Waals surface area contributed by atoms with Crippen LogP contribution >= 0.6 is 12.8 Å². The highest BCUT2D eigenvalue weighted by atomic mass is 32.1. The van der Waals surface area contributed by atoms with Gasteiger partial charge in [-0.05, 0) is 12.8 Å². The highest BCUT2D eigenvalue weighted by Gasteiger charge is 2.47. The average Bonchev–Trinajstić information content (AvgIpc) is 2.51. The summed E-state index contributed by atoms with van der Waals surface area (Å²) in [5.41, 5.74) is 0. The van der Waals surface area contributed by atoms with Crippen LogP contribution in [0.4, 0.5) is 0 Å². The van der Waals surface area contributed by atoms with E-state index >= 15 is 0 Å². The zero-order valence-corrected chi connectivity index (χ0v) is 9.50. The molecular weight excluding hydrogens is 212 g/mol. The minimum Gasteiger partial charge on any atom is -0.281 e. The molecule has 0 bridgehead atoms. The van der Waals surface area contributed by atoms with Crippen LogP contribution in [-0.2, 0) is 9.59 Å². The fourth-order valence-electron chi connectivity index (χ4n) is 2.61. The van der Waals surface area contributed by atoms with E-state index in [9.17, 15) is 9.59 Å². The fraction of sp³-hybridized carbons (Fsp3) is 0.800. The second kappa shape index (κ2) is 4.53. The molecule has 2 aliphatic rings. The summed E-state index contributed by atoms with van der Waals surface area (Å²) >= 11 is 3.86. The maximum atomic E-state index is 11.9. The Kier molecular flexibility index (Phi) is 3.31. The summed E-state index contributed by atoms with van der Waals surface area (Å²) in [5, 5.41) is 0. The summed E-state index contributed by atoms with van der Waals surface area (Å²) in [4.78, 5) is 25.2. The fourth-order valence-corrected chi connectivity index (χ4v) is 2.71. The third kappa shape index (κ3) is 1.90. The molecule has 2 amide bonds. The molecule has 2 unspecified atom stereocenters. The van der Waals surface area contributed by atoms with Gasteiger partial charge < -0.3 is 0 Å². The van der Waals surface area contributed by atoms with Gasteiger partial charge in [-0.15, -0.1) is 0 Å². The standard InChI is InChI=1S/C10H16N2O2S/c13-9-7-3-1-2-4-8(7)10(14)12(9)6-5-11-15/h7-8,11,15H,1-6H2. The van der Waals surface area contributed by atoms with Crippen LogP contribution in [0.2, 0.25) is 0 Å². The van der Waals surface area contributed by atoms with Crippen molar-refractivity contribution in [3.05, 3.63) is 0 Å². The summed E-state index contributed by atoms with van der Waals surface area (Å²) in [6, 6.07) is 0. The van der Waals surface area contributed by atoms with Crippen molar-refractivity contribution in [3.8, 4) is 0 Å². The number of carbonyl (C=O) groups excluding carboxylic acids is 2. The maximum Gasteiger partial charge on any atom is 0.233 e. The first kappa shape index (κ1) is 11.0. The number of hydrogen-bond donors (Lipinski definition) is 2. The van der Waals surface area contributed by atoms with E-state index in [4.69, 9.17) is 0 Å². The number of likely N-dealkylation sites (tertiary alicyclic amines) is 1. The molecule has 1 aliphatic heterocycles. The van der Waals surface area contributed by atoms with Crippen molar-refractivity contribution in [1.82, 2.24) is 9.62 Å². The van der Waals surface area contributed by atoms with Gasteiger partial charge in [0.1, 0.15) is 0 Å². The van der Waals surface area contributed by atoms with Gasteiger partial charge in [0.15, 0.2) is 0 Å². The third-order valence-corrected chi connectivity index (χ3v) is 3.60. The first-order valence-corrected chi connectivity index (χ1v) is 5.92. The molecule has 0 aromatic carbocycles. The van der Waals surface area contributed by atoms with Crippen molar-refractivity contribution in [1.29, 1.82) is 0 Å². The second-order valence-corrected chi connectivity index (χ2v) is 4.55. The van der Waals surface area contributed by atoms with Crippen molar-refractivity contribution in [2.45, 2.75) is 25.7 Å². The van der Waals surface area contributed by atoms with E-state index in [-0.39, 0.29) is 23.7 Å². The van der Waals surface area contributed by atoms with E-state index < -0.39 is 0 Å². The lowest BCUT2D eigenvalue weighted by Crippen LogP contribution is -2.35. The Balaban J connectivity index is 2.07. The van der Waals surface area contributed by atoms with Crippen LogP contribution in [0.15, 0.2) is 0 Å². The molecule has 1 heterocycles. The first-order valence-electron chi connectivity index (χ1n) is 5.48. The van der Waals surface area contributed by atoms with Gasteiger partial charge in [-0.25, -0.2) is 0 Å². The number of thiol groups is 1.